The summed E-state index contributed by atoms with van der Waals surface area (Å²) in [5.41, 5.74) is 0. The zero-order valence-corrected chi connectivity index (χ0v) is 14.2. The summed E-state index contributed by atoms with van der Waals surface area (Å²) in [6, 6.07) is 0.696. The SMILES string of the molecule is CC(C)N[SiH3].CCO[SiH](OCC)OCC. The maximum Gasteiger partial charge on any atom is 0.484 e. The molecule has 0 amide bonds. The molecule has 0 radical (unpaired) electrons. The van der Waals surface area contributed by atoms with E-state index in [9.17, 15) is 0 Å². The topological polar surface area (TPSA) is 39.7 Å². The van der Waals surface area contributed by atoms with Gasteiger partial charge in [-0.3, -0.25) is 0 Å². The summed E-state index contributed by atoms with van der Waals surface area (Å²) in [7, 11) is -0.610. The van der Waals surface area contributed by atoms with E-state index in [1.54, 1.807) is 0 Å². The van der Waals surface area contributed by atoms with Crippen LogP contribution in [0.15, 0.2) is 0 Å². The van der Waals surface area contributed by atoms with Crippen LogP contribution < -0.4 is 4.98 Å². The Bertz CT molecular complexity index is 103. The molecular formula is C9H27NO3Si2. The molecule has 94 valence electrons. The lowest BCUT2D eigenvalue weighted by atomic mass is 10.4. The molecular weight excluding hydrogens is 226 g/mol. The normalized spacial score (nSPS) is 10.6. The van der Waals surface area contributed by atoms with E-state index in [2.05, 4.69) is 18.8 Å². The fourth-order valence-corrected chi connectivity index (χ4v) is 1.66. The molecule has 4 nitrogen and oxygen atoms in total. The minimum atomic E-state index is -1.73. The minimum Gasteiger partial charge on any atom is -0.376 e. The standard InChI is InChI=1S/C6H16O3Si.C3H11NSi/c1-4-7-10(8-5-2)9-6-3;1-3(2)4-5/h10H,4-6H2,1-3H3;3-4H,1-2,5H3. The van der Waals surface area contributed by atoms with E-state index >= 15 is 0 Å². The fraction of sp³-hybridized carbons (Fsp3) is 1.00. The van der Waals surface area contributed by atoms with Gasteiger partial charge in [0, 0.05) is 19.8 Å². The molecule has 0 saturated heterocycles. The monoisotopic (exact) mass is 253 g/mol. The first-order valence-corrected chi connectivity index (χ1v) is 8.05. The van der Waals surface area contributed by atoms with Crippen molar-refractivity contribution in [3.8, 4) is 0 Å². The predicted molar refractivity (Wildman–Crippen MR) is 70.2 cm³/mol. The zero-order chi connectivity index (χ0) is 12.1. The minimum absolute atomic E-state index is 0.677. The van der Waals surface area contributed by atoms with E-state index in [1.807, 2.05) is 20.8 Å². The molecule has 0 saturated carbocycles. The smallest absolute Gasteiger partial charge is 0.376 e. The Hall–Kier alpha value is 0.274. The Morgan fingerprint density at radius 2 is 1.27 bits per heavy atom. The Kier molecular flexibility index (Phi) is 16.8. The van der Waals surface area contributed by atoms with Crippen LogP contribution in [-0.4, -0.2) is 45.8 Å². The molecule has 1 N–H and O–H groups in total. The van der Waals surface area contributed by atoms with Gasteiger partial charge in [0.25, 0.3) is 0 Å². The van der Waals surface area contributed by atoms with Crippen molar-refractivity contribution < 1.29 is 13.3 Å². The van der Waals surface area contributed by atoms with Crippen LogP contribution in [0.4, 0.5) is 0 Å². The van der Waals surface area contributed by atoms with Crippen molar-refractivity contribution >= 4 is 19.9 Å². The summed E-state index contributed by atoms with van der Waals surface area (Å²) in [5, 5.41) is 0. The molecule has 15 heavy (non-hydrogen) atoms. The molecule has 6 heteroatoms. The highest BCUT2D eigenvalue weighted by molar-refractivity contribution is 6.36. The van der Waals surface area contributed by atoms with Crippen molar-refractivity contribution in [3.63, 3.8) is 0 Å². The Balaban J connectivity index is 0. The molecule has 0 atom stereocenters. The molecule has 0 fully saturated rings. The van der Waals surface area contributed by atoms with Crippen LogP contribution in [0.2, 0.25) is 0 Å². The molecule has 0 aliphatic carbocycles. The van der Waals surface area contributed by atoms with E-state index in [4.69, 9.17) is 13.3 Å². The van der Waals surface area contributed by atoms with E-state index < -0.39 is 9.53 Å². The van der Waals surface area contributed by atoms with Gasteiger partial charge in [0.1, 0.15) is 0 Å². The number of nitrogens with one attached hydrogen (secondary N) is 1. The third-order valence-corrected chi connectivity index (χ3v) is 4.46. The number of hydrogen-bond donors (Lipinski definition) is 1. The Labute approximate surface area is 99.2 Å². The molecule has 0 unspecified atom stereocenters. The molecule has 0 rings (SSSR count). The maximum absolute atomic E-state index is 5.22. The Morgan fingerprint density at radius 3 is 1.40 bits per heavy atom. The van der Waals surface area contributed by atoms with Crippen LogP contribution in [0.3, 0.4) is 0 Å². The quantitative estimate of drug-likeness (QED) is 0.652. The number of rotatable bonds is 7. The second-order valence-electron chi connectivity index (χ2n) is 3.10. The van der Waals surface area contributed by atoms with Gasteiger partial charge in [-0.25, -0.2) is 0 Å². The van der Waals surface area contributed by atoms with Crippen LogP contribution in [0, 0.1) is 0 Å². The fourth-order valence-electron chi connectivity index (χ4n) is 0.553. The van der Waals surface area contributed by atoms with Gasteiger partial charge in [-0.05, 0) is 26.8 Å². The lowest BCUT2D eigenvalue weighted by Crippen LogP contribution is -2.27. The van der Waals surface area contributed by atoms with E-state index in [1.165, 1.54) is 0 Å². The van der Waals surface area contributed by atoms with Crippen LogP contribution in [0.5, 0.6) is 0 Å². The van der Waals surface area contributed by atoms with Crippen molar-refractivity contribution in [2.75, 3.05) is 19.8 Å². The first kappa shape index (κ1) is 17.7. The van der Waals surface area contributed by atoms with Gasteiger partial charge < -0.3 is 18.3 Å². The van der Waals surface area contributed by atoms with Gasteiger partial charge in [-0.2, -0.15) is 0 Å². The van der Waals surface area contributed by atoms with Crippen LogP contribution in [0.1, 0.15) is 34.6 Å². The van der Waals surface area contributed by atoms with E-state index in [-0.39, 0.29) is 0 Å². The van der Waals surface area contributed by atoms with Gasteiger partial charge in [0.2, 0.25) is 0 Å². The summed E-state index contributed by atoms with van der Waals surface area (Å²) in [6.07, 6.45) is 0. The molecule has 0 heterocycles. The molecule has 0 aliphatic heterocycles. The zero-order valence-electron chi connectivity index (χ0n) is 11.0. The molecule has 0 aliphatic rings. The lowest BCUT2D eigenvalue weighted by Gasteiger charge is -2.12. The maximum atomic E-state index is 5.22. The van der Waals surface area contributed by atoms with Crippen molar-refractivity contribution in [1.29, 1.82) is 0 Å². The molecule has 0 aromatic rings. The molecule has 0 bridgehead atoms. The average Bonchev–Trinajstić information content (AvgIpc) is 2.20. The molecule has 0 aromatic heterocycles. The lowest BCUT2D eigenvalue weighted by molar-refractivity contribution is 0.107. The van der Waals surface area contributed by atoms with Crippen molar-refractivity contribution in [2.24, 2.45) is 0 Å². The summed E-state index contributed by atoms with van der Waals surface area (Å²) in [5.74, 6) is 0. The third kappa shape index (κ3) is 16.9. The third-order valence-electron chi connectivity index (χ3n) is 1.49. The van der Waals surface area contributed by atoms with Crippen LogP contribution in [0.25, 0.3) is 0 Å². The summed E-state index contributed by atoms with van der Waals surface area (Å²) in [4.78, 5) is 3.17. The van der Waals surface area contributed by atoms with Crippen molar-refractivity contribution in [3.05, 3.63) is 0 Å². The van der Waals surface area contributed by atoms with Crippen molar-refractivity contribution in [1.82, 2.24) is 4.98 Å². The average molecular weight is 253 g/mol. The van der Waals surface area contributed by atoms with E-state index in [0.717, 1.165) is 10.4 Å². The largest absolute Gasteiger partial charge is 0.484 e. The highest BCUT2D eigenvalue weighted by atomic mass is 28.3. The second-order valence-corrected chi connectivity index (χ2v) is 5.25. The van der Waals surface area contributed by atoms with Gasteiger partial charge in [-0.15, -0.1) is 0 Å². The van der Waals surface area contributed by atoms with E-state index in [0.29, 0.717) is 25.9 Å². The van der Waals surface area contributed by atoms with Gasteiger partial charge in [0.05, 0.1) is 10.4 Å². The van der Waals surface area contributed by atoms with Crippen LogP contribution >= 0.6 is 0 Å². The van der Waals surface area contributed by atoms with Crippen LogP contribution in [-0.2, 0) is 13.3 Å². The summed E-state index contributed by atoms with van der Waals surface area (Å²) in [6.45, 7) is 12.2. The first-order valence-electron chi connectivity index (χ1n) is 5.64. The Morgan fingerprint density at radius 1 is 1.00 bits per heavy atom. The number of hydrogen-bond acceptors (Lipinski definition) is 4. The predicted octanol–water partition coefficient (Wildman–Crippen LogP) is 0.0779. The summed E-state index contributed by atoms with van der Waals surface area (Å²) < 4.78 is 15.7. The second kappa shape index (κ2) is 14.3. The molecule has 0 aromatic carbocycles. The summed E-state index contributed by atoms with van der Waals surface area (Å²) >= 11 is 0. The van der Waals surface area contributed by atoms with Gasteiger partial charge in [-0.1, -0.05) is 13.8 Å². The highest BCUT2D eigenvalue weighted by Crippen LogP contribution is 1.91. The first-order chi connectivity index (χ1) is 7.12. The van der Waals surface area contributed by atoms with Crippen molar-refractivity contribution in [2.45, 2.75) is 40.7 Å². The molecule has 0 spiro atoms. The van der Waals surface area contributed by atoms with Gasteiger partial charge >= 0.3 is 9.53 Å². The highest BCUT2D eigenvalue weighted by Gasteiger charge is 2.11. The van der Waals surface area contributed by atoms with Gasteiger partial charge in [0.15, 0.2) is 0 Å².